The maximum absolute atomic E-state index is 12.2. The molecule has 4 heteroatoms. The highest BCUT2D eigenvalue weighted by Gasteiger charge is 2.16. The van der Waals surface area contributed by atoms with Gasteiger partial charge < -0.3 is 14.6 Å². The number of hydrogen-bond acceptors (Lipinski definition) is 2. The summed E-state index contributed by atoms with van der Waals surface area (Å²) in [5, 5.41) is 4.31. The number of aromatic nitrogens is 1. The van der Waals surface area contributed by atoms with Gasteiger partial charge in [0.2, 0.25) is 5.91 Å². The fraction of sp³-hybridized carbons (Fsp3) is 0.400. The number of nitrogens with zero attached hydrogens (tertiary/aromatic N) is 1. The van der Waals surface area contributed by atoms with Crippen LogP contribution < -0.4 is 5.32 Å². The van der Waals surface area contributed by atoms with Crippen LogP contribution in [0.2, 0.25) is 0 Å². The molecule has 0 spiro atoms. The molecule has 4 rings (SSSR count). The zero-order valence-electron chi connectivity index (χ0n) is 17.2. The Morgan fingerprint density at radius 1 is 1.17 bits per heavy atom. The number of ether oxygens (including phenoxy) is 1. The SMILES string of the molecule is Cc1ccc(Cn2cc(CCCC(=O)NCC3CCCO3)c3ccccc32)cc1. The summed E-state index contributed by atoms with van der Waals surface area (Å²) in [7, 11) is 0. The molecule has 1 fully saturated rings. The van der Waals surface area contributed by atoms with Crippen LogP contribution in [-0.2, 0) is 22.5 Å². The lowest BCUT2D eigenvalue weighted by Gasteiger charge is -2.10. The maximum atomic E-state index is 12.2. The Hall–Kier alpha value is -2.59. The minimum Gasteiger partial charge on any atom is -0.376 e. The average Bonchev–Trinajstić information content (AvgIpc) is 3.37. The van der Waals surface area contributed by atoms with Gasteiger partial charge in [-0.1, -0.05) is 48.0 Å². The van der Waals surface area contributed by atoms with E-state index in [1.807, 2.05) is 0 Å². The zero-order chi connectivity index (χ0) is 20.1. The van der Waals surface area contributed by atoms with Crippen molar-refractivity contribution in [3.8, 4) is 0 Å². The molecule has 0 bridgehead atoms. The predicted molar refractivity (Wildman–Crippen MR) is 117 cm³/mol. The molecule has 0 radical (unpaired) electrons. The number of nitrogens with one attached hydrogen (secondary N) is 1. The van der Waals surface area contributed by atoms with Gasteiger partial charge in [0.05, 0.1) is 6.10 Å². The van der Waals surface area contributed by atoms with E-state index >= 15 is 0 Å². The molecule has 1 aliphatic rings. The minimum atomic E-state index is 0.129. The van der Waals surface area contributed by atoms with E-state index < -0.39 is 0 Å². The number of benzene rings is 2. The van der Waals surface area contributed by atoms with Crippen LogP contribution in [0.15, 0.2) is 54.7 Å². The van der Waals surface area contributed by atoms with Crippen LogP contribution in [0.3, 0.4) is 0 Å². The summed E-state index contributed by atoms with van der Waals surface area (Å²) in [6, 6.07) is 17.3. The van der Waals surface area contributed by atoms with Crippen LogP contribution in [0.1, 0.15) is 42.4 Å². The van der Waals surface area contributed by atoms with E-state index in [1.165, 1.54) is 27.6 Å². The third kappa shape index (κ3) is 5.07. The van der Waals surface area contributed by atoms with Gasteiger partial charge in [-0.3, -0.25) is 4.79 Å². The highest BCUT2D eigenvalue weighted by atomic mass is 16.5. The van der Waals surface area contributed by atoms with Crippen LogP contribution in [0.4, 0.5) is 0 Å². The summed E-state index contributed by atoms with van der Waals surface area (Å²) in [6.45, 7) is 4.45. The van der Waals surface area contributed by atoms with Gasteiger partial charge in [0.15, 0.2) is 0 Å². The predicted octanol–water partition coefficient (Wildman–Crippen LogP) is 4.62. The van der Waals surface area contributed by atoms with Gasteiger partial charge in [-0.15, -0.1) is 0 Å². The lowest BCUT2D eigenvalue weighted by atomic mass is 10.1. The largest absolute Gasteiger partial charge is 0.376 e. The molecule has 29 heavy (non-hydrogen) atoms. The molecule has 1 N–H and O–H groups in total. The summed E-state index contributed by atoms with van der Waals surface area (Å²) in [5.74, 6) is 0.129. The van der Waals surface area contributed by atoms with Gasteiger partial charge in [-0.05, 0) is 49.8 Å². The first-order chi connectivity index (χ1) is 14.2. The molecule has 2 heterocycles. The van der Waals surface area contributed by atoms with Crippen molar-refractivity contribution in [2.45, 2.75) is 51.7 Å². The highest BCUT2D eigenvalue weighted by molar-refractivity contribution is 5.84. The number of amides is 1. The summed E-state index contributed by atoms with van der Waals surface area (Å²) >= 11 is 0. The van der Waals surface area contributed by atoms with Crippen molar-refractivity contribution in [2.24, 2.45) is 0 Å². The Bertz CT molecular complexity index is 953. The van der Waals surface area contributed by atoms with Crippen molar-refractivity contribution in [1.82, 2.24) is 9.88 Å². The Labute approximate surface area is 172 Å². The lowest BCUT2D eigenvalue weighted by Crippen LogP contribution is -2.31. The second kappa shape index (κ2) is 9.27. The number of aryl methyl sites for hydroxylation is 2. The van der Waals surface area contributed by atoms with Gasteiger partial charge in [0.1, 0.15) is 0 Å². The Kier molecular flexibility index (Phi) is 6.30. The number of hydrogen-bond donors (Lipinski definition) is 1. The van der Waals surface area contributed by atoms with Crippen molar-refractivity contribution in [3.63, 3.8) is 0 Å². The van der Waals surface area contributed by atoms with Gasteiger partial charge in [0.25, 0.3) is 0 Å². The smallest absolute Gasteiger partial charge is 0.220 e. The maximum Gasteiger partial charge on any atom is 0.220 e. The van der Waals surface area contributed by atoms with Crippen molar-refractivity contribution < 1.29 is 9.53 Å². The molecule has 4 nitrogen and oxygen atoms in total. The van der Waals surface area contributed by atoms with E-state index in [4.69, 9.17) is 4.74 Å². The normalized spacial score (nSPS) is 16.4. The topological polar surface area (TPSA) is 43.3 Å². The fourth-order valence-electron chi connectivity index (χ4n) is 4.10. The fourth-order valence-corrected chi connectivity index (χ4v) is 4.10. The Morgan fingerprint density at radius 2 is 2.00 bits per heavy atom. The second-order valence-electron chi connectivity index (χ2n) is 8.08. The van der Waals surface area contributed by atoms with Crippen molar-refractivity contribution >= 4 is 16.8 Å². The summed E-state index contributed by atoms with van der Waals surface area (Å²) in [6.07, 6.45) is 6.95. The number of fused-ring (bicyclic) bond motifs is 1. The number of carbonyl (C=O) groups excluding carboxylic acids is 1. The molecular weight excluding hydrogens is 360 g/mol. The summed E-state index contributed by atoms with van der Waals surface area (Å²) < 4.78 is 7.89. The molecule has 0 aliphatic carbocycles. The van der Waals surface area contributed by atoms with Gasteiger partial charge in [-0.2, -0.15) is 0 Å². The molecule has 1 atom stereocenters. The molecule has 1 amide bonds. The van der Waals surface area contributed by atoms with Crippen molar-refractivity contribution in [2.75, 3.05) is 13.2 Å². The number of rotatable bonds is 8. The van der Waals surface area contributed by atoms with E-state index in [0.717, 1.165) is 38.8 Å². The van der Waals surface area contributed by atoms with Gasteiger partial charge in [0, 0.05) is 43.2 Å². The Balaban J connectivity index is 1.37. The van der Waals surface area contributed by atoms with Crippen LogP contribution in [0, 0.1) is 6.92 Å². The first kappa shape index (κ1) is 19.7. The molecular formula is C25H30N2O2. The molecule has 0 saturated carbocycles. The minimum absolute atomic E-state index is 0.129. The third-order valence-corrected chi connectivity index (χ3v) is 5.75. The van der Waals surface area contributed by atoms with Crippen LogP contribution in [-0.4, -0.2) is 29.7 Å². The molecule has 1 aliphatic heterocycles. The van der Waals surface area contributed by atoms with E-state index in [0.29, 0.717) is 13.0 Å². The van der Waals surface area contributed by atoms with E-state index in [2.05, 4.69) is 71.5 Å². The van der Waals surface area contributed by atoms with Gasteiger partial charge >= 0.3 is 0 Å². The lowest BCUT2D eigenvalue weighted by molar-refractivity contribution is -0.121. The Morgan fingerprint density at radius 3 is 2.79 bits per heavy atom. The second-order valence-corrected chi connectivity index (χ2v) is 8.08. The number of para-hydroxylation sites is 1. The standard InChI is InChI=1S/C25H30N2O2/c1-19-11-13-20(14-12-19)17-27-18-21(23-8-2-3-9-24(23)27)6-4-10-25(28)26-16-22-7-5-15-29-22/h2-3,8-9,11-14,18,22H,4-7,10,15-17H2,1H3,(H,26,28). The van der Waals surface area contributed by atoms with Crippen LogP contribution in [0.25, 0.3) is 10.9 Å². The summed E-state index contributed by atoms with van der Waals surface area (Å²) in [5.41, 5.74) is 5.16. The molecule has 152 valence electrons. The van der Waals surface area contributed by atoms with E-state index in [9.17, 15) is 4.79 Å². The van der Waals surface area contributed by atoms with Crippen molar-refractivity contribution in [1.29, 1.82) is 0 Å². The first-order valence-electron chi connectivity index (χ1n) is 10.7. The quantitative estimate of drug-likeness (QED) is 0.610. The van der Waals surface area contributed by atoms with E-state index in [1.54, 1.807) is 0 Å². The highest BCUT2D eigenvalue weighted by Crippen LogP contribution is 2.24. The average molecular weight is 391 g/mol. The van der Waals surface area contributed by atoms with E-state index in [-0.39, 0.29) is 12.0 Å². The molecule has 2 aromatic carbocycles. The third-order valence-electron chi connectivity index (χ3n) is 5.75. The monoisotopic (exact) mass is 390 g/mol. The molecule has 1 unspecified atom stereocenters. The summed E-state index contributed by atoms with van der Waals surface area (Å²) in [4.78, 5) is 12.2. The zero-order valence-corrected chi connectivity index (χ0v) is 17.2. The number of carbonyl (C=O) groups is 1. The first-order valence-corrected chi connectivity index (χ1v) is 10.7. The molecule has 3 aromatic rings. The van der Waals surface area contributed by atoms with Crippen molar-refractivity contribution in [3.05, 3.63) is 71.4 Å². The molecule has 1 saturated heterocycles. The molecule has 1 aromatic heterocycles. The van der Waals surface area contributed by atoms with Crippen LogP contribution in [0.5, 0.6) is 0 Å². The van der Waals surface area contributed by atoms with Gasteiger partial charge in [-0.25, -0.2) is 0 Å². The van der Waals surface area contributed by atoms with Crippen LogP contribution >= 0.6 is 0 Å².